The van der Waals surface area contributed by atoms with Gasteiger partial charge in [-0.25, -0.2) is 0 Å². The molecule has 0 bridgehead atoms. The Kier molecular flexibility index (Phi) is 9.75. The van der Waals surface area contributed by atoms with Crippen molar-refractivity contribution in [3.05, 3.63) is 23.3 Å². The molecule has 1 unspecified atom stereocenters. The predicted octanol–water partition coefficient (Wildman–Crippen LogP) is 4.45. The van der Waals surface area contributed by atoms with E-state index in [-0.39, 0.29) is 6.10 Å². The Hall–Kier alpha value is -0.270. The summed E-state index contributed by atoms with van der Waals surface area (Å²) in [5.41, 5.74) is 2.43. The normalized spacial score (nSPS) is 15.3. The maximum atomic E-state index is 9.81. The molecule has 0 fully saturated rings. The minimum Gasteiger partial charge on any atom is -0.389 e. The number of halogens is 1. The molecule has 0 aromatic rings. The fraction of sp³-hybridized carbons (Fsp3) is 0.714. The summed E-state index contributed by atoms with van der Waals surface area (Å²) in [5, 5.41) is 9.81. The first-order valence-electron chi connectivity index (χ1n) is 6.18. The summed E-state index contributed by atoms with van der Waals surface area (Å²) in [4.78, 5) is 0. The van der Waals surface area contributed by atoms with Gasteiger partial charge in [0.05, 0.1) is 6.10 Å². The summed E-state index contributed by atoms with van der Waals surface area (Å²) in [6.07, 6.45) is 9.08. The van der Waals surface area contributed by atoms with Crippen LogP contribution in [0.2, 0.25) is 0 Å². The zero-order valence-corrected chi connectivity index (χ0v) is 11.6. The van der Waals surface area contributed by atoms with Gasteiger partial charge in [0.25, 0.3) is 0 Å². The van der Waals surface area contributed by atoms with Crippen LogP contribution in [0.1, 0.15) is 52.9 Å². The van der Waals surface area contributed by atoms with E-state index in [0.717, 1.165) is 37.7 Å². The highest BCUT2D eigenvalue weighted by molar-refractivity contribution is 6.18. The van der Waals surface area contributed by atoms with Crippen molar-refractivity contribution >= 4 is 11.6 Å². The van der Waals surface area contributed by atoms with Crippen molar-refractivity contribution in [3.63, 3.8) is 0 Å². The number of hydrogen-bond acceptors (Lipinski definition) is 1. The second-order valence-corrected chi connectivity index (χ2v) is 4.66. The lowest BCUT2D eigenvalue weighted by atomic mass is 10.0. The number of allylic oxidation sites excluding steroid dienone is 3. The van der Waals surface area contributed by atoms with Gasteiger partial charge in [0.15, 0.2) is 0 Å². The fourth-order valence-corrected chi connectivity index (χ4v) is 1.79. The molecular formula is C14H25ClO. The topological polar surface area (TPSA) is 20.2 Å². The van der Waals surface area contributed by atoms with Crippen LogP contribution in [0.25, 0.3) is 0 Å². The lowest BCUT2D eigenvalue weighted by Gasteiger charge is -2.10. The SMILES string of the molecule is CCCCC(O)/C(C)=C/CC/C(C)=C/CCl. The minimum atomic E-state index is -0.253. The summed E-state index contributed by atoms with van der Waals surface area (Å²) < 4.78 is 0. The van der Waals surface area contributed by atoms with Crippen molar-refractivity contribution in [2.24, 2.45) is 0 Å². The van der Waals surface area contributed by atoms with E-state index in [9.17, 15) is 5.11 Å². The molecule has 0 rings (SSSR count). The maximum Gasteiger partial charge on any atom is 0.0747 e. The van der Waals surface area contributed by atoms with Gasteiger partial charge in [0.2, 0.25) is 0 Å². The van der Waals surface area contributed by atoms with Gasteiger partial charge in [-0.05, 0) is 38.7 Å². The minimum absolute atomic E-state index is 0.253. The van der Waals surface area contributed by atoms with Gasteiger partial charge in [-0.2, -0.15) is 0 Å². The average Bonchev–Trinajstić information content (AvgIpc) is 2.26. The molecule has 0 aromatic heterocycles. The van der Waals surface area contributed by atoms with Crippen LogP contribution in [0.5, 0.6) is 0 Å². The van der Waals surface area contributed by atoms with Crippen LogP contribution in [0.3, 0.4) is 0 Å². The van der Waals surface area contributed by atoms with Crippen LogP contribution in [-0.2, 0) is 0 Å². The molecule has 1 atom stereocenters. The molecule has 1 nitrogen and oxygen atoms in total. The third-order valence-corrected chi connectivity index (χ3v) is 2.94. The molecule has 16 heavy (non-hydrogen) atoms. The highest BCUT2D eigenvalue weighted by atomic mass is 35.5. The van der Waals surface area contributed by atoms with Crippen molar-refractivity contribution in [1.82, 2.24) is 0 Å². The van der Waals surface area contributed by atoms with Gasteiger partial charge in [0, 0.05) is 5.88 Å². The monoisotopic (exact) mass is 244 g/mol. The number of aliphatic hydroxyl groups excluding tert-OH is 1. The van der Waals surface area contributed by atoms with E-state index in [1.54, 1.807) is 0 Å². The molecule has 0 spiro atoms. The number of hydrogen-bond donors (Lipinski definition) is 1. The number of unbranched alkanes of at least 4 members (excludes halogenated alkanes) is 1. The summed E-state index contributed by atoms with van der Waals surface area (Å²) in [5.74, 6) is 0.591. The third kappa shape index (κ3) is 7.95. The molecular weight excluding hydrogens is 220 g/mol. The Morgan fingerprint density at radius 1 is 1.31 bits per heavy atom. The molecule has 0 saturated heterocycles. The summed E-state index contributed by atoms with van der Waals surface area (Å²) in [6.45, 7) is 6.26. The van der Waals surface area contributed by atoms with Gasteiger partial charge in [-0.15, -0.1) is 11.6 Å². The molecule has 1 N–H and O–H groups in total. The summed E-state index contributed by atoms with van der Waals surface area (Å²) >= 11 is 5.61. The second kappa shape index (κ2) is 9.92. The highest BCUT2D eigenvalue weighted by Crippen LogP contribution is 2.12. The molecule has 0 heterocycles. The molecule has 0 aliphatic rings. The molecule has 0 aromatic carbocycles. The Morgan fingerprint density at radius 3 is 2.56 bits per heavy atom. The van der Waals surface area contributed by atoms with Gasteiger partial charge in [-0.3, -0.25) is 0 Å². The van der Waals surface area contributed by atoms with Crippen LogP contribution >= 0.6 is 11.6 Å². The van der Waals surface area contributed by atoms with E-state index in [1.165, 1.54) is 5.57 Å². The predicted molar refractivity (Wildman–Crippen MR) is 73.0 cm³/mol. The smallest absolute Gasteiger partial charge is 0.0747 e. The van der Waals surface area contributed by atoms with Crippen LogP contribution in [0.4, 0.5) is 0 Å². The molecule has 0 amide bonds. The zero-order valence-electron chi connectivity index (χ0n) is 10.8. The standard InChI is InChI=1S/C14H25ClO/c1-4-5-9-14(16)13(3)8-6-7-12(2)10-11-15/h8,10,14,16H,4-7,9,11H2,1-3H3/b12-10+,13-8+. The van der Waals surface area contributed by atoms with E-state index < -0.39 is 0 Å². The highest BCUT2D eigenvalue weighted by Gasteiger charge is 2.04. The average molecular weight is 245 g/mol. The Bertz CT molecular complexity index is 231. The van der Waals surface area contributed by atoms with Crippen LogP contribution in [0.15, 0.2) is 23.3 Å². The van der Waals surface area contributed by atoms with Crippen LogP contribution < -0.4 is 0 Å². The zero-order chi connectivity index (χ0) is 12.4. The lowest BCUT2D eigenvalue weighted by Crippen LogP contribution is -2.07. The molecule has 94 valence electrons. The van der Waals surface area contributed by atoms with Crippen molar-refractivity contribution in [1.29, 1.82) is 0 Å². The van der Waals surface area contributed by atoms with Crippen molar-refractivity contribution in [2.75, 3.05) is 5.88 Å². The molecule has 0 saturated carbocycles. The van der Waals surface area contributed by atoms with Gasteiger partial charge < -0.3 is 5.11 Å². The van der Waals surface area contributed by atoms with Crippen LogP contribution in [0, 0.1) is 0 Å². The lowest BCUT2D eigenvalue weighted by molar-refractivity contribution is 0.196. The molecule has 0 aliphatic carbocycles. The van der Waals surface area contributed by atoms with Gasteiger partial charge in [0.1, 0.15) is 0 Å². The van der Waals surface area contributed by atoms with Crippen molar-refractivity contribution in [3.8, 4) is 0 Å². The molecule has 2 heteroatoms. The Balaban J connectivity index is 3.89. The summed E-state index contributed by atoms with van der Waals surface area (Å²) in [6, 6.07) is 0. The molecule has 0 radical (unpaired) electrons. The van der Waals surface area contributed by atoms with E-state index in [2.05, 4.69) is 19.9 Å². The van der Waals surface area contributed by atoms with Crippen molar-refractivity contribution in [2.45, 2.75) is 59.0 Å². The first-order chi connectivity index (χ1) is 7.61. The molecule has 0 aliphatic heterocycles. The maximum absolute atomic E-state index is 9.81. The fourth-order valence-electron chi connectivity index (χ4n) is 1.52. The van der Waals surface area contributed by atoms with Gasteiger partial charge in [-0.1, -0.05) is 37.5 Å². The largest absolute Gasteiger partial charge is 0.389 e. The van der Waals surface area contributed by atoms with E-state index in [4.69, 9.17) is 11.6 Å². The van der Waals surface area contributed by atoms with E-state index >= 15 is 0 Å². The Morgan fingerprint density at radius 2 is 2.00 bits per heavy atom. The van der Waals surface area contributed by atoms with Crippen molar-refractivity contribution < 1.29 is 5.11 Å². The number of rotatable bonds is 8. The second-order valence-electron chi connectivity index (χ2n) is 4.35. The quantitative estimate of drug-likeness (QED) is 0.494. The first kappa shape index (κ1) is 15.7. The van der Waals surface area contributed by atoms with E-state index in [1.807, 2.05) is 13.0 Å². The Labute approximate surface area is 105 Å². The third-order valence-electron chi connectivity index (χ3n) is 2.79. The number of alkyl halides is 1. The first-order valence-corrected chi connectivity index (χ1v) is 6.71. The van der Waals surface area contributed by atoms with E-state index in [0.29, 0.717) is 5.88 Å². The summed E-state index contributed by atoms with van der Waals surface area (Å²) in [7, 11) is 0. The van der Waals surface area contributed by atoms with Crippen LogP contribution in [-0.4, -0.2) is 17.1 Å². The number of aliphatic hydroxyl groups is 1. The van der Waals surface area contributed by atoms with Gasteiger partial charge >= 0.3 is 0 Å².